The zero-order valence-corrected chi connectivity index (χ0v) is 17.1. The molecule has 30 heavy (non-hydrogen) atoms. The summed E-state index contributed by atoms with van der Waals surface area (Å²) in [5.41, 5.74) is 0.0315. The van der Waals surface area contributed by atoms with Crippen LogP contribution in [-0.4, -0.2) is 55.1 Å². The SMILES string of the molecule is CCC(=O)N[C@H]1CC2C=CC=C(C(=O)OCOC(=O)C3CCCCC3)C(OB1O)O2. The van der Waals surface area contributed by atoms with E-state index in [1.807, 2.05) is 0 Å². The first-order valence-electron chi connectivity index (χ1n) is 10.5. The third-order valence-electron chi connectivity index (χ3n) is 5.48. The van der Waals surface area contributed by atoms with E-state index in [9.17, 15) is 19.4 Å². The molecule has 2 unspecified atom stereocenters. The highest BCUT2D eigenvalue weighted by molar-refractivity contribution is 6.45. The lowest BCUT2D eigenvalue weighted by atomic mass is 9.75. The van der Waals surface area contributed by atoms with Gasteiger partial charge in [-0.05, 0) is 25.3 Å². The fraction of sp³-hybridized carbons (Fsp3) is 0.650. The molecule has 2 fully saturated rings. The number of carbonyl (C=O) groups is 3. The molecule has 0 radical (unpaired) electrons. The lowest BCUT2D eigenvalue weighted by Crippen LogP contribution is -2.48. The van der Waals surface area contributed by atoms with E-state index in [0.29, 0.717) is 0 Å². The Labute approximate surface area is 175 Å². The van der Waals surface area contributed by atoms with E-state index in [4.69, 9.17) is 18.9 Å². The first-order chi connectivity index (χ1) is 14.5. The summed E-state index contributed by atoms with van der Waals surface area (Å²) in [5, 5.41) is 13.0. The molecule has 2 aliphatic heterocycles. The first kappa shape index (κ1) is 22.5. The van der Waals surface area contributed by atoms with Crippen molar-refractivity contribution < 1.29 is 38.3 Å². The van der Waals surface area contributed by atoms with E-state index in [-0.39, 0.29) is 36.2 Å². The van der Waals surface area contributed by atoms with Gasteiger partial charge in [-0.3, -0.25) is 9.59 Å². The van der Waals surface area contributed by atoms with Crippen molar-refractivity contribution in [2.45, 2.75) is 70.2 Å². The topological polar surface area (TPSA) is 120 Å². The van der Waals surface area contributed by atoms with E-state index >= 15 is 0 Å². The second-order valence-electron chi connectivity index (χ2n) is 7.65. The van der Waals surface area contributed by atoms with Gasteiger partial charge in [0.1, 0.15) is 0 Å². The predicted molar refractivity (Wildman–Crippen MR) is 105 cm³/mol. The van der Waals surface area contributed by atoms with Gasteiger partial charge in [0.2, 0.25) is 12.7 Å². The molecule has 2 N–H and O–H groups in total. The van der Waals surface area contributed by atoms with Crippen molar-refractivity contribution in [2.75, 3.05) is 6.79 Å². The number of nitrogens with one attached hydrogen (secondary N) is 1. The van der Waals surface area contributed by atoms with E-state index in [1.165, 1.54) is 6.08 Å². The highest BCUT2D eigenvalue weighted by Crippen LogP contribution is 2.26. The van der Waals surface area contributed by atoms with Crippen molar-refractivity contribution in [1.82, 2.24) is 5.32 Å². The highest BCUT2D eigenvalue weighted by atomic mass is 16.7. The van der Waals surface area contributed by atoms with E-state index in [2.05, 4.69) is 5.32 Å². The zero-order valence-electron chi connectivity index (χ0n) is 17.1. The quantitative estimate of drug-likeness (QED) is 0.372. The first-order valence-corrected chi connectivity index (χ1v) is 10.5. The minimum absolute atomic E-state index is 0.0315. The smallest absolute Gasteiger partial charge is 0.428 e. The second-order valence-corrected chi connectivity index (χ2v) is 7.65. The number of hydrogen-bond acceptors (Lipinski definition) is 8. The molecule has 10 heteroatoms. The van der Waals surface area contributed by atoms with Gasteiger partial charge in [0.25, 0.3) is 0 Å². The Bertz CT molecular complexity index is 703. The molecule has 2 heterocycles. The van der Waals surface area contributed by atoms with Crippen LogP contribution in [0.2, 0.25) is 0 Å². The summed E-state index contributed by atoms with van der Waals surface area (Å²) >= 11 is 0. The van der Waals surface area contributed by atoms with E-state index < -0.39 is 38.2 Å². The molecule has 1 amide bonds. The van der Waals surface area contributed by atoms with Crippen LogP contribution in [0.5, 0.6) is 0 Å². The van der Waals surface area contributed by atoms with Crippen LogP contribution in [-0.2, 0) is 33.2 Å². The average molecular weight is 421 g/mol. The minimum atomic E-state index is -1.36. The summed E-state index contributed by atoms with van der Waals surface area (Å²) in [5.74, 6) is -2.17. The van der Waals surface area contributed by atoms with Crippen molar-refractivity contribution in [3.63, 3.8) is 0 Å². The molecule has 3 aliphatic rings. The number of ether oxygens (including phenoxy) is 3. The maximum absolute atomic E-state index is 12.5. The van der Waals surface area contributed by atoms with Crippen LogP contribution in [0.4, 0.5) is 0 Å². The molecule has 3 atom stereocenters. The molecule has 1 saturated heterocycles. The average Bonchev–Trinajstić information content (AvgIpc) is 3.03. The van der Waals surface area contributed by atoms with Crippen molar-refractivity contribution in [3.05, 3.63) is 23.8 Å². The van der Waals surface area contributed by atoms with Crippen molar-refractivity contribution in [3.8, 4) is 0 Å². The molecular weight excluding hydrogens is 393 g/mol. The van der Waals surface area contributed by atoms with Crippen LogP contribution in [0.25, 0.3) is 0 Å². The Balaban J connectivity index is 1.55. The monoisotopic (exact) mass is 421 g/mol. The Morgan fingerprint density at radius 2 is 2.00 bits per heavy atom. The molecule has 1 saturated carbocycles. The number of amides is 1. The molecule has 0 aromatic heterocycles. The van der Waals surface area contributed by atoms with Gasteiger partial charge in [-0.25, -0.2) is 4.79 Å². The maximum Gasteiger partial charge on any atom is 0.480 e. The predicted octanol–water partition coefficient (Wildman–Crippen LogP) is 1.15. The van der Waals surface area contributed by atoms with Crippen LogP contribution in [0.1, 0.15) is 51.9 Å². The van der Waals surface area contributed by atoms with Gasteiger partial charge in [-0.1, -0.05) is 38.3 Å². The van der Waals surface area contributed by atoms with Crippen molar-refractivity contribution in [2.24, 2.45) is 5.92 Å². The Kier molecular flexibility index (Phi) is 8.06. The molecular formula is C20H28BNO8. The fourth-order valence-corrected chi connectivity index (χ4v) is 3.75. The Morgan fingerprint density at radius 3 is 2.73 bits per heavy atom. The number of allylic oxidation sites excluding steroid dienone is 2. The molecule has 0 spiro atoms. The Hall–Kier alpha value is -2.17. The van der Waals surface area contributed by atoms with Crippen molar-refractivity contribution in [1.29, 1.82) is 0 Å². The summed E-state index contributed by atoms with van der Waals surface area (Å²) in [7, 11) is -1.36. The normalized spacial score (nSPS) is 26.8. The molecule has 0 aromatic rings. The number of fused-ring (bicyclic) bond motifs is 2. The minimum Gasteiger partial charge on any atom is -0.428 e. The summed E-state index contributed by atoms with van der Waals surface area (Å²) in [6.07, 6.45) is 8.44. The summed E-state index contributed by atoms with van der Waals surface area (Å²) in [6, 6.07) is 0. The van der Waals surface area contributed by atoms with Crippen LogP contribution in [0.15, 0.2) is 23.8 Å². The molecule has 0 aromatic carbocycles. The zero-order chi connectivity index (χ0) is 21.5. The standard InChI is InChI=1S/C20H28BNO8/c1-2-17(23)22-16-11-14-9-6-10-15(20(29-14)30-21(16)26)19(25)28-12-27-18(24)13-7-4-3-5-8-13/h6,9-10,13-14,16,20,26H,2-5,7-8,11-12H2,1H3,(H,22,23)/t14?,16-,20?/m0/s1. The maximum atomic E-state index is 12.5. The third-order valence-corrected chi connectivity index (χ3v) is 5.48. The van der Waals surface area contributed by atoms with Gasteiger partial charge in [0.15, 0.2) is 6.29 Å². The Morgan fingerprint density at radius 1 is 1.23 bits per heavy atom. The fourth-order valence-electron chi connectivity index (χ4n) is 3.75. The van der Waals surface area contributed by atoms with Crippen LogP contribution >= 0.6 is 0 Å². The number of carbonyl (C=O) groups excluding carboxylic acids is 3. The van der Waals surface area contributed by atoms with Gasteiger partial charge >= 0.3 is 19.1 Å². The number of hydrogen-bond donors (Lipinski definition) is 2. The van der Waals surface area contributed by atoms with Gasteiger partial charge in [0, 0.05) is 6.42 Å². The molecule has 1 aliphatic carbocycles. The highest BCUT2D eigenvalue weighted by Gasteiger charge is 2.41. The molecule has 3 rings (SSSR count). The summed E-state index contributed by atoms with van der Waals surface area (Å²) in [6.45, 7) is 1.21. The summed E-state index contributed by atoms with van der Waals surface area (Å²) < 4.78 is 21.4. The van der Waals surface area contributed by atoms with E-state index in [1.54, 1.807) is 19.1 Å². The van der Waals surface area contributed by atoms with Gasteiger partial charge < -0.3 is 29.2 Å². The third kappa shape index (κ3) is 5.93. The lowest BCUT2D eigenvalue weighted by molar-refractivity contribution is -0.170. The van der Waals surface area contributed by atoms with Gasteiger partial charge in [0.05, 0.1) is 23.5 Å². The largest absolute Gasteiger partial charge is 0.480 e. The number of esters is 2. The van der Waals surface area contributed by atoms with Crippen LogP contribution < -0.4 is 5.32 Å². The lowest BCUT2D eigenvalue weighted by Gasteiger charge is -2.22. The second kappa shape index (κ2) is 10.7. The van der Waals surface area contributed by atoms with Gasteiger partial charge in [-0.2, -0.15) is 0 Å². The van der Waals surface area contributed by atoms with Gasteiger partial charge in [-0.15, -0.1) is 0 Å². The number of rotatable bonds is 6. The molecule has 2 bridgehead atoms. The molecule has 164 valence electrons. The van der Waals surface area contributed by atoms with Crippen molar-refractivity contribution >= 4 is 25.0 Å². The van der Waals surface area contributed by atoms with E-state index in [0.717, 1.165) is 32.1 Å². The van der Waals surface area contributed by atoms with Crippen LogP contribution in [0, 0.1) is 5.92 Å². The molecule has 9 nitrogen and oxygen atoms in total. The summed E-state index contributed by atoms with van der Waals surface area (Å²) in [4.78, 5) is 36.3. The van der Waals surface area contributed by atoms with Crippen LogP contribution in [0.3, 0.4) is 0 Å².